The standard InChI is InChI=1S/C20H23N3O3/c1-4-19(20(24)25)26-18-13-9-16(10-14-18)6-5-15-7-11-17(12-8-15)21-22-23(2)3/h5-14,19H,4H2,1-3H3,(H,24,25)/b6-5+,22-21+. The van der Waals surface area contributed by atoms with E-state index in [-0.39, 0.29) is 0 Å². The number of nitrogens with zero attached hydrogens (tertiary/aromatic N) is 3. The summed E-state index contributed by atoms with van der Waals surface area (Å²) in [6.45, 7) is 1.78. The third-order valence-corrected chi connectivity index (χ3v) is 3.51. The van der Waals surface area contributed by atoms with Crippen molar-refractivity contribution in [3.8, 4) is 5.75 Å². The van der Waals surface area contributed by atoms with Gasteiger partial charge in [0.15, 0.2) is 6.10 Å². The molecule has 1 unspecified atom stereocenters. The van der Waals surface area contributed by atoms with Crippen LogP contribution in [0.15, 0.2) is 58.9 Å². The Hall–Kier alpha value is -3.15. The fraction of sp³-hybridized carbons (Fsp3) is 0.250. The predicted octanol–water partition coefficient (Wildman–Crippen LogP) is 4.66. The molecule has 1 atom stereocenters. The van der Waals surface area contributed by atoms with E-state index in [2.05, 4.69) is 10.3 Å². The summed E-state index contributed by atoms with van der Waals surface area (Å²) >= 11 is 0. The van der Waals surface area contributed by atoms with E-state index in [0.29, 0.717) is 12.2 Å². The van der Waals surface area contributed by atoms with E-state index in [1.807, 2.05) is 62.6 Å². The molecule has 6 heteroatoms. The van der Waals surface area contributed by atoms with Crippen LogP contribution in [0.4, 0.5) is 5.69 Å². The maximum atomic E-state index is 11.0. The Morgan fingerprint density at radius 3 is 2.08 bits per heavy atom. The van der Waals surface area contributed by atoms with Crippen LogP contribution in [0.1, 0.15) is 24.5 Å². The van der Waals surface area contributed by atoms with Gasteiger partial charge in [-0.1, -0.05) is 48.6 Å². The molecule has 0 heterocycles. The van der Waals surface area contributed by atoms with Gasteiger partial charge in [0.1, 0.15) is 5.75 Å². The minimum Gasteiger partial charge on any atom is -0.479 e. The van der Waals surface area contributed by atoms with Crippen LogP contribution in [0, 0.1) is 0 Å². The molecule has 0 amide bonds. The molecule has 0 aliphatic heterocycles. The topological polar surface area (TPSA) is 74.5 Å². The Labute approximate surface area is 153 Å². The van der Waals surface area contributed by atoms with Crippen LogP contribution in [-0.4, -0.2) is 36.3 Å². The molecule has 0 spiro atoms. The second-order valence-corrected chi connectivity index (χ2v) is 5.88. The van der Waals surface area contributed by atoms with E-state index in [0.717, 1.165) is 16.8 Å². The second-order valence-electron chi connectivity index (χ2n) is 5.88. The molecule has 2 aromatic rings. The van der Waals surface area contributed by atoms with Crippen molar-refractivity contribution >= 4 is 23.8 Å². The van der Waals surface area contributed by atoms with Gasteiger partial charge in [0.05, 0.1) is 5.69 Å². The number of benzene rings is 2. The Morgan fingerprint density at radius 1 is 1.08 bits per heavy atom. The van der Waals surface area contributed by atoms with Gasteiger partial charge in [-0.15, -0.1) is 5.11 Å². The van der Waals surface area contributed by atoms with Crippen LogP contribution < -0.4 is 4.74 Å². The predicted molar refractivity (Wildman–Crippen MR) is 102 cm³/mol. The zero-order valence-corrected chi connectivity index (χ0v) is 15.2. The molecule has 26 heavy (non-hydrogen) atoms. The first-order valence-corrected chi connectivity index (χ1v) is 8.34. The van der Waals surface area contributed by atoms with Crippen LogP contribution in [0.2, 0.25) is 0 Å². The smallest absolute Gasteiger partial charge is 0.344 e. The van der Waals surface area contributed by atoms with Gasteiger partial charge in [-0.3, -0.25) is 5.01 Å². The van der Waals surface area contributed by atoms with Crippen molar-refractivity contribution in [1.82, 2.24) is 5.01 Å². The molecule has 2 rings (SSSR count). The van der Waals surface area contributed by atoms with Gasteiger partial charge in [-0.2, -0.15) is 0 Å². The summed E-state index contributed by atoms with van der Waals surface area (Å²) in [7, 11) is 3.64. The molecule has 0 saturated heterocycles. The minimum atomic E-state index is -0.954. The molecular formula is C20H23N3O3. The molecule has 0 bridgehead atoms. The van der Waals surface area contributed by atoms with Crippen molar-refractivity contribution < 1.29 is 14.6 Å². The fourth-order valence-electron chi connectivity index (χ4n) is 2.12. The summed E-state index contributed by atoms with van der Waals surface area (Å²) in [4.78, 5) is 11.0. The first-order chi connectivity index (χ1) is 12.5. The average Bonchev–Trinajstić information content (AvgIpc) is 2.64. The van der Waals surface area contributed by atoms with E-state index in [1.165, 1.54) is 0 Å². The van der Waals surface area contributed by atoms with E-state index in [9.17, 15) is 4.79 Å². The Kier molecular flexibility index (Phi) is 6.91. The monoisotopic (exact) mass is 353 g/mol. The largest absolute Gasteiger partial charge is 0.479 e. The highest BCUT2D eigenvalue weighted by Crippen LogP contribution is 2.18. The molecule has 6 nitrogen and oxygen atoms in total. The van der Waals surface area contributed by atoms with Gasteiger partial charge < -0.3 is 9.84 Å². The summed E-state index contributed by atoms with van der Waals surface area (Å²) in [6, 6.07) is 15.1. The Balaban J connectivity index is 1.98. The lowest BCUT2D eigenvalue weighted by molar-refractivity contribution is -0.145. The van der Waals surface area contributed by atoms with Crippen LogP contribution in [-0.2, 0) is 4.79 Å². The quantitative estimate of drug-likeness (QED) is 0.425. The van der Waals surface area contributed by atoms with Crippen molar-refractivity contribution in [3.63, 3.8) is 0 Å². The molecule has 0 saturated carbocycles. The molecule has 1 N–H and O–H groups in total. The number of carboxylic acids is 1. The molecule has 0 fully saturated rings. The van der Waals surface area contributed by atoms with Crippen molar-refractivity contribution in [1.29, 1.82) is 0 Å². The summed E-state index contributed by atoms with van der Waals surface area (Å²) in [6.07, 6.45) is 3.57. The minimum absolute atomic E-state index is 0.418. The maximum absolute atomic E-state index is 11.0. The molecule has 0 aliphatic carbocycles. The van der Waals surface area contributed by atoms with Gasteiger partial charge in [-0.25, -0.2) is 4.79 Å². The van der Waals surface area contributed by atoms with Gasteiger partial charge >= 0.3 is 5.97 Å². The van der Waals surface area contributed by atoms with Gasteiger partial charge in [0.25, 0.3) is 0 Å². The van der Waals surface area contributed by atoms with Gasteiger partial charge in [0, 0.05) is 14.1 Å². The lowest BCUT2D eigenvalue weighted by atomic mass is 10.1. The Morgan fingerprint density at radius 2 is 1.62 bits per heavy atom. The van der Waals surface area contributed by atoms with E-state index in [1.54, 1.807) is 24.1 Å². The molecule has 136 valence electrons. The van der Waals surface area contributed by atoms with Crippen LogP contribution >= 0.6 is 0 Å². The van der Waals surface area contributed by atoms with Gasteiger partial charge in [-0.05, 0) is 41.8 Å². The number of carboxylic acid groups (broad SMARTS) is 1. The third kappa shape index (κ3) is 6.05. The van der Waals surface area contributed by atoms with Crippen LogP contribution in [0.3, 0.4) is 0 Å². The lowest BCUT2D eigenvalue weighted by Crippen LogP contribution is -2.25. The van der Waals surface area contributed by atoms with Gasteiger partial charge in [0.2, 0.25) is 0 Å². The van der Waals surface area contributed by atoms with Crippen molar-refractivity contribution in [2.75, 3.05) is 14.1 Å². The van der Waals surface area contributed by atoms with Crippen molar-refractivity contribution in [2.24, 2.45) is 10.3 Å². The summed E-state index contributed by atoms with van der Waals surface area (Å²) in [5.41, 5.74) is 2.84. The van der Waals surface area contributed by atoms with Crippen molar-refractivity contribution in [2.45, 2.75) is 19.4 Å². The molecule has 2 aromatic carbocycles. The summed E-state index contributed by atoms with van der Waals surface area (Å²) in [5, 5.41) is 18.7. The molecule has 0 radical (unpaired) electrons. The molecule has 0 aliphatic rings. The number of ether oxygens (including phenoxy) is 1. The number of hydrogen-bond acceptors (Lipinski definition) is 4. The first kappa shape index (κ1) is 19.2. The number of rotatable bonds is 8. The fourth-order valence-corrected chi connectivity index (χ4v) is 2.12. The molecular weight excluding hydrogens is 330 g/mol. The van der Waals surface area contributed by atoms with Crippen molar-refractivity contribution in [3.05, 3.63) is 59.7 Å². The maximum Gasteiger partial charge on any atom is 0.344 e. The lowest BCUT2D eigenvalue weighted by Gasteiger charge is -2.12. The summed E-state index contributed by atoms with van der Waals surface area (Å²) in [5.74, 6) is -0.406. The zero-order chi connectivity index (χ0) is 18.9. The Bertz CT molecular complexity index is 766. The highest BCUT2D eigenvalue weighted by atomic mass is 16.5. The normalized spacial score (nSPS) is 12.4. The SMILES string of the molecule is CCC(Oc1ccc(/C=C/c2ccc(/N=N/N(C)C)cc2)cc1)C(=O)O. The number of carbonyl (C=O) groups is 1. The van der Waals surface area contributed by atoms with Crippen LogP contribution in [0.5, 0.6) is 5.75 Å². The average molecular weight is 353 g/mol. The second kappa shape index (κ2) is 9.36. The highest BCUT2D eigenvalue weighted by Gasteiger charge is 2.16. The number of aliphatic carboxylic acids is 1. The zero-order valence-electron chi connectivity index (χ0n) is 15.2. The molecule has 0 aromatic heterocycles. The first-order valence-electron chi connectivity index (χ1n) is 8.34. The summed E-state index contributed by atoms with van der Waals surface area (Å²) < 4.78 is 5.45. The van der Waals surface area contributed by atoms with E-state index >= 15 is 0 Å². The number of hydrogen-bond donors (Lipinski definition) is 1. The third-order valence-electron chi connectivity index (χ3n) is 3.51. The van der Waals surface area contributed by atoms with E-state index < -0.39 is 12.1 Å². The highest BCUT2D eigenvalue weighted by molar-refractivity contribution is 5.73. The van der Waals surface area contributed by atoms with E-state index in [4.69, 9.17) is 9.84 Å². The van der Waals surface area contributed by atoms with Crippen LogP contribution in [0.25, 0.3) is 12.2 Å².